The van der Waals surface area contributed by atoms with Crippen molar-refractivity contribution in [3.63, 3.8) is 0 Å². The molecule has 0 saturated carbocycles. The highest BCUT2D eigenvalue weighted by molar-refractivity contribution is 6.02. The summed E-state index contributed by atoms with van der Waals surface area (Å²) in [6.07, 6.45) is 4.41. The van der Waals surface area contributed by atoms with Crippen molar-refractivity contribution in [2.24, 2.45) is 0 Å². The smallest absolute Gasteiger partial charge is 0.267 e. The van der Waals surface area contributed by atoms with Gasteiger partial charge in [-0.1, -0.05) is 6.07 Å². The minimum absolute atomic E-state index is 0.135. The number of morpholine rings is 1. The molecule has 9 heteroatoms. The summed E-state index contributed by atoms with van der Waals surface area (Å²) in [6.45, 7) is 2.27. The zero-order valence-electron chi connectivity index (χ0n) is 16.1. The molecule has 3 aromatic heterocycles. The number of pyridine rings is 1. The lowest BCUT2D eigenvalue weighted by Gasteiger charge is -2.29. The van der Waals surface area contributed by atoms with Crippen LogP contribution in [0, 0.1) is 11.3 Å². The Morgan fingerprint density at radius 2 is 2.10 bits per heavy atom. The summed E-state index contributed by atoms with van der Waals surface area (Å²) in [4.78, 5) is 32.3. The third kappa shape index (κ3) is 3.94. The van der Waals surface area contributed by atoms with Crippen LogP contribution in [0.15, 0.2) is 57.6 Å². The fourth-order valence-electron chi connectivity index (χ4n) is 3.20. The molecule has 9 nitrogen and oxygen atoms in total. The van der Waals surface area contributed by atoms with Crippen LogP contribution in [0.1, 0.15) is 11.3 Å². The lowest BCUT2D eigenvalue weighted by molar-refractivity contribution is -0.117. The fraction of sp³-hybridized carbons (Fsp3) is 0.238. The number of ether oxygens (including phenoxy) is 1. The molecule has 152 valence electrons. The van der Waals surface area contributed by atoms with Crippen LogP contribution in [0.2, 0.25) is 0 Å². The van der Waals surface area contributed by atoms with Crippen molar-refractivity contribution in [3.05, 3.63) is 70.0 Å². The van der Waals surface area contributed by atoms with Crippen molar-refractivity contribution in [1.82, 2.24) is 14.7 Å². The van der Waals surface area contributed by atoms with Crippen LogP contribution in [-0.4, -0.2) is 41.6 Å². The second-order valence-electron chi connectivity index (χ2n) is 6.61. The van der Waals surface area contributed by atoms with E-state index in [1.807, 2.05) is 11.0 Å². The third-order valence-corrected chi connectivity index (χ3v) is 4.72. The lowest BCUT2D eigenvalue weighted by atomic mass is 10.1. The molecule has 1 saturated heterocycles. The van der Waals surface area contributed by atoms with E-state index in [-0.39, 0.29) is 23.2 Å². The van der Waals surface area contributed by atoms with E-state index in [0.717, 1.165) is 0 Å². The summed E-state index contributed by atoms with van der Waals surface area (Å²) in [7, 11) is 0. The van der Waals surface area contributed by atoms with Crippen LogP contribution < -0.4 is 15.8 Å². The maximum atomic E-state index is 13.2. The fourth-order valence-corrected chi connectivity index (χ4v) is 3.20. The molecule has 0 bridgehead atoms. The van der Waals surface area contributed by atoms with Crippen LogP contribution in [0.5, 0.6) is 0 Å². The Bertz CT molecular complexity index is 1180. The number of nitriles is 1. The maximum Gasteiger partial charge on any atom is 0.267 e. The molecular weight excluding hydrogens is 386 g/mol. The van der Waals surface area contributed by atoms with Crippen LogP contribution >= 0.6 is 0 Å². The number of anilines is 1. The van der Waals surface area contributed by atoms with Crippen molar-refractivity contribution < 1.29 is 13.9 Å². The van der Waals surface area contributed by atoms with Gasteiger partial charge < -0.3 is 19.4 Å². The molecule has 3 aromatic rings. The molecule has 0 spiro atoms. The van der Waals surface area contributed by atoms with E-state index in [4.69, 9.17) is 9.15 Å². The first-order valence-electron chi connectivity index (χ1n) is 9.44. The summed E-state index contributed by atoms with van der Waals surface area (Å²) in [5.74, 6) is 0.391. The molecule has 0 radical (unpaired) electrons. The zero-order chi connectivity index (χ0) is 20.9. The predicted molar refractivity (Wildman–Crippen MR) is 109 cm³/mol. The van der Waals surface area contributed by atoms with Gasteiger partial charge in [0.25, 0.3) is 11.5 Å². The van der Waals surface area contributed by atoms with E-state index in [9.17, 15) is 14.9 Å². The number of furan rings is 1. The number of aromatic nitrogens is 2. The number of hydrogen-bond donors (Lipinski definition) is 1. The Labute approximate surface area is 171 Å². The van der Waals surface area contributed by atoms with Gasteiger partial charge in [-0.15, -0.1) is 0 Å². The van der Waals surface area contributed by atoms with Gasteiger partial charge in [-0.3, -0.25) is 14.0 Å². The lowest BCUT2D eigenvalue weighted by Crippen LogP contribution is -2.38. The molecular formula is C21H19N5O4. The van der Waals surface area contributed by atoms with Crippen molar-refractivity contribution >= 4 is 23.4 Å². The summed E-state index contributed by atoms with van der Waals surface area (Å²) in [5, 5.41) is 12.2. The first-order valence-corrected chi connectivity index (χ1v) is 9.44. The highest BCUT2D eigenvalue weighted by Crippen LogP contribution is 2.20. The molecule has 4 heterocycles. The SMILES string of the molecule is N#CC(=Cc1c(N2CCOCC2)nc2ccccn2c1=O)C(=O)NCc1ccco1. The highest BCUT2D eigenvalue weighted by Gasteiger charge is 2.21. The van der Waals surface area contributed by atoms with Crippen molar-refractivity contribution in [3.8, 4) is 6.07 Å². The average Bonchev–Trinajstić information content (AvgIpc) is 3.31. The van der Waals surface area contributed by atoms with Crippen LogP contribution in [0.4, 0.5) is 5.82 Å². The topological polar surface area (TPSA) is 113 Å². The highest BCUT2D eigenvalue weighted by atomic mass is 16.5. The van der Waals surface area contributed by atoms with E-state index < -0.39 is 5.91 Å². The van der Waals surface area contributed by atoms with E-state index in [0.29, 0.717) is 43.5 Å². The number of rotatable bonds is 5. The van der Waals surface area contributed by atoms with E-state index in [1.54, 1.807) is 36.5 Å². The van der Waals surface area contributed by atoms with Gasteiger partial charge in [0, 0.05) is 19.3 Å². The Hall–Kier alpha value is -3.90. The second-order valence-corrected chi connectivity index (χ2v) is 6.61. The Kier molecular flexibility index (Phi) is 5.59. The molecule has 1 aliphatic rings. The third-order valence-electron chi connectivity index (χ3n) is 4.72. The molecule has 1 amide bonds. The number of nitrogens with zero attached hydrogens (tertiary/aromatic N) is 4. The molecule has 0 atom stereocenters. The normalized spacial score (nSPS) is 14.5. The number of carbonyl (C=O) groups is 1. The first kappa shape index (κ1) is 19.4. The second kappa shape index (κ2) is 8.63. The molecule has 1 fully saturated rings. The van der Waals surface area contributed by atoms with Crippen LogP contribution in [0.25, 0.3) is 11.7 Å². The number of nitrogens with one attached hydrogen (secondary N) is 1. The first-order chi connectivity index (χ1) is 14.7. The molecule has 30 heavy (non-hydrogen) atoms. The van der Waals surface area contributed by atoms with Crippen molar-refractivity contribution in [2.45, 2.75) is 6.54 Å². The summed E-state index contributed by atoms with van der Waals surface area (Å²) in [5.41, 5.74) is 0.131. The van der Waals surface area contributed by atoms with E-state index >= 15 is 0 Å². The molecule has 0 aliphatic carbocycles. The zero-order valence-corrected chi connectivity index (χ0v) is 16.1. The number of amides is 1. The van der Waals surface area contributed by atoms with Gasteiger partial charge in [0.1, 0.15) is 28.9 Å². The number of carbonyl (C=O) groups excluding carboxylic acids is 1. The van der Waals surface area contributed by atoms with Gasteiger partial charge in [-0.05, 0) is 30.3 Å². The predicted octanol–water partition coefficient (Wildman–Crippen LogP) is 1.35. The Balaban J connectivity index is 1.75. The molecule has 1 N–H and O–H groups in total. The standard InChI is InChI=1S/C21H19N5O4/c22-13-15(20(27)23-14-16-4-3-9-30-16)12-17-19(25-7-10-29-11-8-25)24-18-5-1-2-6-26(18)21(17)28/h1-6,9,12H,7-8,10-11,14H2,(H,23,27). The molecule has 0 aromatic carbocycles. The van der Waals surface area contributed by atoms with E-state index in [2.05, 4.69) is 10.3 Å². The molecule has 0 unspecified atom stereocenters. The van der Waals surface area contributed by atoms with E-state index in [1.165, 1.54) is 16.7 Å². The minimum atomic E-state index is -0.598. The van der Waals surface area contributed by atoms with Gasteiger partial charge in [-0.2, -0.15) is 5.26 Å². The van der Waals surface area contributed by atoms with Gasteiger partial charge in [-0.25, -0.2) is 4.98 Å². The Morgan fingerprint density at radius 3 is 2.83 bits per heavy atom. The van der Waals surface area contributed by atoms with Gasteiger partial charge in [0.05, 0.1) is 31.6 Å². The summed E-state index contributed by atoms with van der Waals surface area (Å²) < 4.78 is 12.0. The molecule has 4 rings (SSSR count). The summed E-state index contributed by atoms with van der Waals surface area (Å²) in [6, 6.07) is 10.6. The van der Waals surface area contributed by atoms with Crippen LogP contribution in [-0.2, 0) is 16.1 Å². The quantitative estimate of drug-likeness (QED) is 0.503. The average molecular weight is 405 g/mol. The summed E-state index contributed by atoms with van der Waals surface area (Å²) >= 11 is 0. The number of fused-ring (bicyclic) bond motifs is 1. The largest absolute Gasteiger partial charge is 0.467 e. The number of hydrogen-bond acceptors (Lipinski definition) is 7. The molecule has 1 aliphatic heterocycles. The monoisotopic (exact) mass is 405 g/mol. The van der Waals surface area contributed by atoms with Crippen LogP contribution in [0.3, 0.4) is 0 Å². The van der Waals surface area contributed by atoms with Crippen molar-refractivity contribution in [2.75, 3.05) is 31.2 Å². The minimum Gasteiger partial charge on any atom is -0.467 e. The van der Waals surface area contributed by atoms with Gasteiger partial charge in [0.15, 0.2) is 0 Å². The van der Waals surface area contributed by atoms with Gasteiger partial charge in [0.2, 0.25) is 0 Å². The maximum absolute atomic E-state index is 13.2. The Morgan fingerprint density at radius 1 is 1.27 bits per heavy atom. The van der Waals surface area contributed by atoms with Crippen molar-refractivity contribution in [1.29, 1.82) is 5.26 Å². The van der Waals surface area contributed by atoms with Gasteiger partial charge >= 0.3 is 0 Å².